The van der Waals surface area contributed by atoms with Gasteiger partial charge in [-0.2, -0.15) is 5.26 Å². The van der Waals surface area contributed by atoms with E-state index in [1.165, 1.54) is 6.42 Å². The first-order chi connectivity index (χ1) is 14.0. The fourth-order valence-electron chi connectivity index (χ4n) is 4.26. The van der Waals surface area contributed by atoms with E-state index in [4.69, 9.17) is 5.26 Å². The molecule has 3 aromatic rings. The number of Topliss-reactive ketones (excluding diaryl/α,β-unsaturated/α-hetero) is 1. The predicted molar refractivity (Wildman–Crippen MR) is 117 cm³/mol. The summed E-state index contributed by atoms with van der Waals surface area (Å²) in [6.07, 6.45) is 5.27. The fourth-order valence-corrected chi connectivity index (χ4v) is 4.58. The van der Waals surface area contributed by atoms with Crippen LogP contribution < -0.4 is 0 Å². The van der Waals surface area contributed by atoms with E-state index in [0.29, 0.717) is 23.7 Å². The van der Waals surface area contributed by atoms with E-state index >= 15 is 0 Å². The molecule has 4 rings (SSSR count). The van der Waals surface area contributed by atoms with E-state index in [1.807, 2.05) is 25.1 Å². The van der Waals surface area contributed by atoms with Gasteiger partial charge in [-0.15, -0.1) is 0 Å². The first-order valence-corrected chi connectivity index (χ1v) is 10.7. The van der Waals surface area contributed by atoms with Gasteiger partial charge in [0.15, 0.2) is 5.78 Å². The standard InChI is InChI=1S/C23H23BrN4O/c1-15-5-3-4-10-27(15)14-21(29)22-16(2)28(19-8-6-17(12-25)7-9-19)20-11-18(24)13-26-23(20)22/h6-9,11,13,15H,3-5,10,14H2,1-2H3. The zero-order valence-corrected chi connectivity index (χ0v) is 18.2. The molecule has 1 fully saturated rings. The van der Waals surface area contributed by atoms with E-state index in [-0.39, 0.29) is 5.78 Å². The van der Waals surface area contributed by atoms with Crippen LogP contribution in [0.25, 0.3) is 16.7 Å². The number of rotatable bonds is 4. The summed E-state index contributed by atoms with van der Waals surface area (Å²) in [6.45, 7) is 5.57. The van der Waals surface area contributed by atoms with Gasteiger partial charge in [0.25, 0.3) is 0 Å². The highest BCUT2D eigenvalue weighted by Crippen LogP contribution is 2.31. The van der Waals surface area contributed by atoms with Crippen LogP contribution in [0.1, 0.15) is 47.8 Å². The van der Waals surface area contributed by atoms with Crippen molar-refractivity contribution in [2.24, 2.45) is 0 Å². The first-order valence-electron chi connectivity index (χ1n) is 9.94. The highest BCUT2D eigenvalue weighted by atomic mass is 79.9. The van der Waals surface area contributed by atoms with E-state index in [0.717, 1.165) is 46.3 Å². The molecule has 1 aromatic carbocycles. The lowest BCUT2D eigenvalue weighted by atomic mass is 10.0. The molecule has 3 heterocycles. The number of carbonyl (C=O) groups excluding carboxylic acids is 1. The number of carbonyl (C=O) groups is 1. The molecule has 0 aliphatic carbocycles. The van der Waals surface area contributed by atoms with Crippen molar-refractivity contribution < 1.29 is 4.79 Å². The molecule has 148 valence electrons. The number of piperidine rings is 1. The Hall–Kier alpha value is -2.49. The minimum Gasteiger partial charge on any atom is -0.311 e. The van der Waals surface area contributed by atoms with Gasteiger partial charge in [0, 0.05) is 28.1 Å². The largest absolute Gasteiger partial charge is 0.311 e. The van der Waals surface area contributed by atoms with Crippen molar-refractivity contribution >= 4 is 32.7 Å². The second kappa shape index (κ2) is 8.10. The van der Waals surface area contributed by atoms with Crippen LogP contribution in [0, 0.1) is 18.3 Å². The SMILES string of the molecule is Cc1c(C(=O)CN2CCCCC2C)c2ncc(Br)cc2n1-c1ccc(C#N)cc1. The first kappa shape index (κ1) is 19.8. The smallest absolute Gasteiger partial charge is 0.180 e. The minimum atomic E-state index is 0.114. The summed E-state index contributed by atoms with van der Waals surface area (Å²) in [7, 11) is 0. The molecular weight excluding hydrogens is 428 g/mol. The van der Waals surface area contributed by atoms with Crippen molar-refractivity contribution in [2.75, 3.05) is 13.1 Å². The Kier molecular flexibility index (Phi) is 5.53. The molecule has 5 nitrogen and oxygen atoms in total. The molecule has 2 aromatic heterocycles. The molecule has 1 saturated heterocycles. The highest BCUT2D eigenvalue weighted by Gasteiger charge is 2.26. The molecule has 0 N–H and O–H groups in total. The Balaban J connectivity index is 1.81. The number of halogens is 1. The Morgan fingerprint density at radius 2 is 2.07 bits per heavy atom. The third-order valence-corrected chi connectivity index (χ3v) is 6.26. The van der Waals surface area contributed by atoms with Crippen LogP contribution >= 0.6 is 15.9 Å². The lowest BCUT2D eigenvalue weighted by Gasteiger charge is -2.32. The summed E-state index contributed by atoms with van der Waals surface area (Å²) in [5.41, 5.74) is 4.70. The van der Waals surface area contributed by atoms with Crippen molar-refractivity contribution in [3.8, 4) is 11.8 Å². The molecular formula is C23H23BrN4O. The van der Waals surface area contributed by atoms with Crippen LogP contribution in [0.5, 0.6) is 0 Å². The Bertz CT molecular complexity index is 1110. The van der Waals surface area contributed by atoms with Crippen LogP contribution in [0.2, 0.25) is 0 Å². The Morgan fingerprint density at radius 1 is 1.31 bits per heavy atom. The van der Waals surface area contributed by atoms with Crippen LogP contribution in [-0.4, -0.2) is 39.4 Å². The van der Waals surface area contributed by atoms with Crippen LogP contribution in [-0.2, 0) is 0 Å². The average molecular weight is 451 g/mol. The second-order valence-electron chi connectivity index (χ2n) is 7.71. The molecule has 6 heteroatoms. The number of hydrogen-bond donors (Lipinski definition) is 0. The number of aromatic nitrogens is 2. The number of hydrogen-bond acceptors (Lipinski definition) is 4. The summed E-state index contributed by atoms with van der Waals surface area (Å²) >= 11 is 3.51. The summed E-state index contributed by atoms with van der Waals surface area (Å²) in [5.74, 6) is 0.114. The van der Waals surface area contributed by atoms with Crippen molar-refractivity contribution in [2.45, 2.75) is 39.2 Å². The van der Waals surface area contributed by atoms with Gasteiger partial charge in [-0.3, -0.25) is 14.7 Å². The van der Waals surface area contributed by atoms with E-state index in [9.17, 15) is 4.79 Å². The van der Waals surface area contributed by atoms with Gasteiger partial charge >= 0.3 is 0 Å². The fraction of sp³-hybridized carbons (Fsp3) is 0.348. The third kappa shape index (κ3) is 3.73. The summed E-state index contributed by atoms with van der Waals surface area (Å²) in [5, 5.41) is 9.09. The van der Waals surface area contributed by atoms with Gasteiger partial charge in [0.05, 0.1) is 34.8 Å². The molecule has 0 amide bonds. The maximum absolute atomic E-state index is 13.4. The average Bonchev–Trinajstić information content (AvgIpc) is 3.01. The molecule has 1 unspecified atom stereocenters. The maximum Gasteiger partial charge on any atom is 0.180 e. The van der Waals surface area contributed by atoms with Gasteiger partial charge in [0.1, 0.15) is 0 Å². The molecule has 1 atom stereocenters. The zero-order chi connectivity index (χ0) is 20.5. The van der Waals surface area contributed by atoms with Crippen LogP contribution in [0.15, 0.2) is 41.0 Å². The number of ketones is 1. The van der Waals surface area contributed by atoms with Gasteiger partial charge < -0.3 is 4.57 Å². The van der Waals surface area contributed by atoms with Gasteiger partial charge in [-0.25, -0.2) is 0 Å². The van der Waals surface area contributed by atoms with Crippen molar-refractivity contribution in [3.05, 3.63) is 57.8 Å². The van der Waals surface area contributed by atoms with Crippen molar-refractivity contribution in [1.82, 2.24) is 14.5 Å². The summed E-state index contributed by atoms with van der Waals surface area (Å²) in [6, 6.07) is 12.0. The molecule has 0 bridgehead atoms. The van der Waals surface area contributed by atoms with E-state index in [2.05, 4.69) is 43.4 Å². The molecule has 1 aliphatic heterocycles. The number of benzene rings is 1. The number of nitriles is 1. The Morgan fingerprint density at radius 3 is 2.76 bits per heavy atom. The summed E-state index contributed by atoms with van der Waals surface area (Å²) in [4.78, 5) is 20.3. The maximum atomic E-state index is 13.4. The number of fused-ring (bicyclic) bond motifs is 1. The normalized spacial score (nSPS) is 17.4. The molecule has 0 radical (unpaired) electrons. The van der Waals surface area contributed by atoms with E-state index < -0.39 is 0 Å². The van der Waals surface area contributed by atoms with Crippen LogP contribution in [0.3, 0.4) is 0 Å². The lowest BCUT2D eigenvalue weighted by molar-refractivity contribution is 0.0861. The topological polar surface area (TPSA) is 61.9 Å². The number of nitrogens with zero attached hydrogens (tertiary/aromatic N) is 4. The minimum absolute atomic E-state index is 0.114. The van der Waals surface area contributed by atoms with Gasteiger partial charge in [-0.1, -0.05) is 6.42 Å². The van der Waals surface area contributed by atoms with Crippen LogP contribution in [0.4, 0.5) is 0 Å². The Labute approximate surface area is 179 Å². The number of likely N-dealkylation sites (tertiary alicyclic amines) is 1. The molecule has 0 saturated carbocycles. The predicted octanol–water partition coefficient (Wildman–Crippen LogP) is 5.03. The molecule has 0 spiro atoms. The van der Waals surface area contributed by atoms with Gasteiger partial charge in [0.2, 0.25) is 0 Å². The lowest BCUT2D eigenvalue weighted by Crippen LogP contribution is -2.40. The quantitative estimate of drug-likeness (QED) is 0.523. The highest BCUT2D eigenvalue weighted by molar-refractivity contribution is 9.10. The molecule has 1 aliphatic rings. The number of pyridine rings is 1. The van der Waals surface area contributed by atoms with Crippen molar-refractivity contribution in [1.29, 1.82) is 5.26 Å². The monoisotopic (exact) mass is 450 g/mol. The second-order valence-corrected chi connectivity index (χ2v) is 8.63. The van der Waals surface area contributed by atoms with E-state index in [1.54, 1.807) is 18.3 Å². The van der Waals surface area contributed by atoms with Gasteiger partial charge in [-0.05, 0) is 79.5 Å². The van der Waals surface area contributed by atoms with Crippen molar-refractivity contribution in [3.63, 3.8) is 0 Å². The zero-order valence-electron chi connectivity index (χ0n) is 16.7. The third-order valence-electron chi connectivity index (χ3n) is 5.83. The molecule has 29 heavy (non-hydrogen) atoms. The summed E-state index contributed by atoms with van der Waals surface area (Å²) < 4.78 is 2.92.